The van der Waals surface area contributed by atoms with Gasteiger partial charge in [0.15, 0.2) is 0 Å². The predicted molar refractivity (Wildman–Crippen MR) is 90.8 cm³/mol. The topological polar surface area (TPSA) is 42.1 Å². The molecule has 3 nitrogen and oxygen atoms in total. The first-order valence-electron chi connectivity index (χ1n) is 6.34. The Morgan fingerprint density at radius 1 is 1.20 bits per heavy atom. The van der Waals surface area contributed by atoms with Crippen molar-refractivity contribution in [3.8, 4) is 0 Å². The fraction of sp³-hybridized carbons (Fsp3) is 0.200. The van der Waals surface area contributed by atoms with Crippen LogP contribution < -0.4 is 10.6 Å². The smallest absolute Gasteiger partial charge is 0.0745 e. The van der Waals surface area contributed by atoms with Gasteiger partial charge in [0.25, 0.3) is 0 Å². The number of nitrogens with two attached hydrogens (primary N) is 1. The largest absolute Gasteiger partial charge is 0.393 e. The Kier molecular flexibility index (Phi) is 5.49. The van der Waals surface area contributed by atoms with E-state index in [0.29, 0.717) is 11.4 Å². The Labute approximate surface area is 132 Å². The highest BCUT2D eigenvalue weighted by molar-refractivity contribution is 9.10. The molecule has 104 valence electrons. The molecule has 20 heavy (non-hydrogen) atoms. The van der Waals surface area contributed by atoms with Crippen molar-refractivity contribution in [3.05, 3.63) is 58.8 Å². The third kappa shape index (κ3) is 4.58. The summed E-state index contributed by atoms with van der Waals surface area (Å²) in [6.07, 6.45) is 2.51. The van der Waals surface area contributed by atoms with Gasteiger partial charge in [0.2, 0.25) is 0 Å². The van der Waals surface area contributed by atoms with Crippen LogP contribution in [0.5, 0.6) is 0 Å². The Bertz CT molecular complexity index is 557. The van der Waals surface area contributed by atoms with E-state index in [2.05, 4.69) is 37.9 Å². The zero-order chi connectivity index (χ0) is 14.4. The molecule has 1 aromatic heterocycles. The number of para-hydroxylation sites is 1. The standard InChI is InChI=1S/C15H16BrN3S/c16-12-6-7-13(18-10-12)11-19(9-8-15(17)20)14-4-2-1-3-5-14/h1-7,10H,8-9,11H2,(H2,17,20). The zero-order valence-electron chi connectivity index (χ0n) is 11.0. The summed E-state index contributed by atoms with van der Waals surface area (Å²) >= 11 is 8.37. The number of thiocarbonyl (C=S) groups is 1. The van der Waals surface area contributed by atoms with Crippen LogP contribution in [0.1, 0.15) is 12.1 Å². The summed E-state index contributed by atoms with van der Waals surface area (Å²) in [6.45, 7) is 1.52. The molecule has 0 amide bonds. The molecule has 2 N–H and O–H groups in total. The number of anilines is 1. The molecule has 1 aromatic carbocycles. The van der Waals surface area contributed by atoms with Crippen LogP contribution in [0.3, 0.4) is 0 Å². The van der Waals surface area contributed by atoms with E-state index in [4.69, 9.17) is 18.0 Å². The monoisotopic (exact) mass is 349 g/mol. The van der Waals surface area contributed by atoms with E-state index < -0.39 is 0 Å². The van der Waals surface area contributed by atoms with Crippen molar-refractivity contribution in [3.63, 3.8) is 0 Å². The Balaban J connectivity index is 2.13. The highest BCUT2D eigenvalue weighted by Gasteiger charge is 2.08. The summed E-state index contributed by atoms with van der Waals surface area (Å²) in [5, 5.41) is 0. The van der Waals surface area contributed by atoms with Gasteiger partial charge in [-0.25, -0.2) is 0 Å². The van der Waals surface area contributed by atoms with Gasteiger partial charge in [-0.3, -0.25) is 4.98 Å². The minimum absolute atomic E-state index is 0.537. The van der Waals surface area contributed by atoms with E-state index in [9.17, 15) is 0 Å². The molecule has 5 heteroatoms. The van der Waals surface area contributed by atoms with Gasteiger partial charge < -0.3 is 10.6 Å². The van der Waals surface area contributed by atoms with Crippen LogP contribution in [0.25, 0.3) is 0 Å². The number of aromatic nitrogens is 1. The molecule has 0 unspecified atom stereocenters. The average Bonchev–Trinajstić information content (AvgIpc) is 2.46. The number of rotatable bonds is 6. The highest BCUT2D eigenvalue weighted by atomic mass is 79.9. The summed E-state index contributed by atoms with van der Waals surface area (Å²) in [6, 6.07) is 14.2. The lowest BCUT2D eigenvalue weighted by molar-refractivity contribution is 0.788. The van der Waals surface area contributed by atoms with E-state index in [1.807, 2.05) is 36.5 Å². The third-order valence-corrected chi connectivity index (χ3v) is 3.56. The number of benzene rings is 1. The van der Waals surface area contributed by atoms with Gasteiger partial charge in [-0.1, -0.05) is 30.4 Å². The predicted octanol–water partition coefficient (Wildman–Crippen LogP) is 3.53. The van der Waals surface area contributed by atoms with Crippen LogP contribution in [-0.4, -0.2) is 16.5 Å². The lowest BCUT2D eigenvalue weighted by Gasteiger charge is -2.24. The van der Waals surface area contributed by atoms with Gasteiger partial charge in [-0.2, -0.15) is 0 Å². The summed E-state index contributed by atoms with van der Waals surface area (Å²) in [4.78, 5) is 7.19. The van der Waals surface area contributed by atoms with Crippen LogP contribution in [0.4, 0.5) is 5.69 Å². The van der Waals surface area contributed by atoms with E-state index in [-0.39, 0.29) is 0 Å². The average molecular weight is 350 g/mol. The third-order valence-electron chi connectivity index (χ3n) is 2.89. The van der Waals surface area contributed by atoms with Crippen LogP contribution >= 0.6 is 28.1 Å². The Hall–Kier alpha value is -1.46. The second-order valence-corrected chi connectivity index (χ2v) is 5.88. The van der Waals surface area contributed by atoms with Crippen molar-refractivity contribution in [1.29, 1.82) is 0 Å². The van der Waals surface area contributed by atoms with E-state index in [1.165, 1.54) is 0 Å². The van der Waals surface area contributed by atoms with Crippen molar-refractivity contribution in [2.75, 3.05) is 11.4 Å². The van der Waals surface area contributed by atoms with Crippen LogP contribution in [0, 0.1) is 0 Å². The van der Waals surface area contributed by atoms with Gasteiger partial charge in [-0.15, -0.1) is 0 Å². The molecule has 2 rings (SSSR count). The second-order valence-electron chi connectivity index (χ2n) is 4.44. The molecule has 0 saturated carbocycles. The first kappa shape index (κ1) is 14.9. The zero-order valence-corrected chi connectivity index (χ0v) is 13.4. The van der Waals surface area contributed by atoms with Crippen LogP contribution in [0.2, 0.25) is 0 Å². The van der Waals surface area contributed by atoms with Gasteiger partial charge in [0.05, 0.1) is 17.2 Å². The van der Waals surface area contributed by atoms with Crippen molar-refractivity contribution in [2.24, 2.45) is 5.73 Å². The lowest BCUT2D eigenvalue weighted by Crippen LogP contribution is -2.27. The molecule has 0 fully saturated rings. The van der Waals surface area contributed by atoms with E-state index >= 15 is 0 Å². The minimum Gasteiger partial charge on any atom is -0.393 e. The SMILES string of the molecule is NC(=S)CCN(Cc1ccc(Br)cn1)c1ccccc1. The van der Waals surface area contributed by atoms with Crippen LogP contribution in [-0.2, 0) is 6.54 Å². The molecule has 0 aliphatic heterocycles. The molecule has 0 atom stereocenters. The number of halogens is 1. The molecular formula is C15H16BrN3S. The highest BCUT2D eigenvalue weighted by Crippen LogP contribution is 2.17. The van der Waals surface area contributed by atoms with Gasteiger partial charge in [0.1, 0.15) is 0 Å². The number of pyridine rings is 1. The minimum atomic E-state index is 0.537. The van der Waals surface area contributed by atoms with Gasteiger partial charge >= 0.3 is 0 Å². The van der Waals surface area contributed by atoms with E-state index in [0.717, 1.165) is 28.9 Å². The first-order chi connectivity index (χ1) is 9.65. The van der Waals surface area contributed by atoms with Crippen molar-refractivity contribution >= 4 is 38.8 Å². The molecular weight excluding hydrogens is 334 g/mol. The van der Waals surface area contributed by atoms with Crippen LogP contribution in [0.15, 0.2) is 53.1 Å². The summed E-state index contributed by atoms with van der Waals surface area (Å²) < 4.78 is 0.982. The maximum atomic E-state index is 5.62. The van der Waals surface area contributed by atoms with E-state index in [1.54, 1.807) is 0 Å². The molecule has 0 spiro atoms. The van der Waals surface area contributed by atoms with Crippen molar-refractivity contribution < 1.29 is 0 Å². The quantitative estimate of drug-likeness (QED) is 0.810. The molecule has 0 aliphatic rings. The van der Waals surface area contributed by atoms with Gasteiger partial charge in [-0.05, 0) is 40.2 Å². The Morgan fingerprint density at radius 3 is 2.55 bits per heavy atom. The fourth-order valence-electron chi connectivity index (χ4n) is 1.88. The summed E-state index contributed by atoms with van der Waals surface area (Å²) in [5.74, 6) is 0. The molecule has 0 bridgehead atoms. The summed E-state index contributed by atoms with van der Waals surface area (Å²) in [7, 11) is 0. The molecule has 0 aliphatic carbocycles. The normalized spacial score (nSPS) is 10.2. The first-order valence-corrected chi connectivity index (χ1v) is 7.54. The summed E-state index contributed by atoms with van der Waals surface area (Å²) in [5.41, 5.74) is 7.78. The molecule has 0 radical (unpaired) electrons. The van der Waals surface area contributed by atoms with Gasteiger partial charge in [0, 0.05) is 29.3 Å². The second kappa shape index (κ2) is 7.36. The lowest BCUT2D eigenvalue weighted by atomic mass is 10.2. The van der Waals surface area contributed by atoms with Crippen molar-refractivity contribution in [2.45, 2.75) is 13.0 Å². The fourth-order valence-corrected chi connectivity index (χ4v) is 2.20. The maximum Gasteiger partial charge on any atom is 0.0745 e. The maximum absolute atomic E-state index is 5.62. The molecule has 2 aromatic rings. The Morgan fingerprint density at radius 2 is 1.95 bits per heavy atom. The van der Waals surface area contributed by atoms with Crippen molar-refractivity contribution in [1.82, 2.24) is 4.98 Å². The number of hydrogen-bond donors (Lipinski definition) is 1. The number of hydrogen-bond acceptors (Lipinski definition) is 3. The molecule has 1 heterocycles. The number of nitrogens with zero attached hydrogens (tertiary/aromatic N) is 2. The molecule has 0 saturated heterocycles.